The summed E-state index contributed by atoms with van der Waals surface area (Å²) in [5.41, 5.74) is -0.915. The maximum Gasteiger partial charge on any atom is 0.157 e. The van der Waals surface area contributed by atoms with Gasteiger partial charge in [0.2, 0.25) is 0 Å². The molecule has 1 rings (SSSR count). The summed E-state index contributed by atoms with van der Waals surface area (Å²) in [6.45, 7) is 5.52. The molecular weight excluding hydrogens is 220 g/mol. The van der Waals surface area contributed by atoms with Crippen molar-refractivity contribution in [2.75, 3.05) is 0 Å². The van der Waals surface area contributed by atoms with Gasteiger partial charge in [-0.1, -0.05) is 13.8 Å². The summed E-state index contributed by atoms with van der Waals surface area (Å²) in [6.07, 6.45) is 1.84. The predicted molar refractivity (Wildman–Crippen MR) is 65.4 cm³/mol. The summed E-state index contributed by atoms with van der Waals surface area (Å²) in [5.74, 6) is 0.0518. The highest BCUT2D eigenvalue weighted by Gasteiger charge is 2.32. The van der Waals surface area contributed by atoms with E-state index in [-0.39, 0.29) is 12.0 Å². The highest BCUT2D eigenvalue weighted by molar-refractivity contribution is 4.83. The normalized spacial score (nSPS) is 37.6. The SMILES string of the molecule is CC(C)C(O)OC1CCCC(O)CC(C)(O)C1. The van der Waals surface area contributed by atoms with Gasteiger partial charge < -0.3 is 20.1 Å². The second-order valence-corrected chi connectivity index (χ2v) is 5.88. The highest BCUT2D eigenvalue weighted by atomic mass is 16.6. The summed E-state index contributed by atoms with van der Waals surface area (Å²) in [5, 5.41) is 29.5. The van der Waals surface area contributed by atoms with Crippen molar-refractivity contribution in [3.63, 3.8) is 0 Å². The number of rotatable bonds is 3. The molecule has 0 aromatic rings. The number of ether oxygens (including phenoxy) is 1. The Morgan fingerprint density at radius 1 is 1.24 bits per heavy atom. The second kappa shape index (κ2) is 6.14. The van der Waals surface area contributed by atoms with Gasteiger partial charge in [0, 0.05) is 18.8 Å². The average molecular weight is 246 g/mol. The van der Waals surface area contributed by atoms with E-state index in [0.29, 0.717) is 19.3 Å². The lowest BCUT2D eigenvalue weighted by atomic mass is 9.85. The number of hydrogen-bond donors (Lipinski definition) is 3. The molecule has 0 spiro atoms. The summed E-state index contributed by atoms with van der Waals surface area (Å²) < 4.78 is 5.57. The molecule has 1 saturated carbocycles. The lowest BCUT2D eigenvalue weighted by molar-refractivity contribution is -0.178. The van der Waals surface area contributed by atoms with Crippen molar-refractivity contribution in [3.8, 4) is 0 Å². The topological polar surface area (TPSA) is 69.9 Å². The molecule has 1 aliphatic rings. The molecule has 0 aromatic carbocycles. The fourth-order valence-corrected chi connectivity index (χ4v) is 2.34. The van der Waals surface area contributed by atoms with Crippen LogP contribution in [0.1, 0.15) is 52.9 Å². The molecule has 0 aromatic heterocycles. The van der Waals surface area contributed by atoms with Gasteiger partial charge in [-0.25, -0.2) is 0 Å². The summed E-state index contributed by atoms with van der Waals surface area (Å²) in [4.78, 5) is 0. The lowest BCUT2D eigenvalue weighted by Crippen LogP contribution is -2.39. The van der Waals surface area contributed by atoms with Crippen LogP contribution in [0.5, 0.6) is 0 Å². The fourth-order valence-electron chi connectivity index (χ4n) is 2.34. The van der Waals surface area contributed by atoms with Crippen molar-refractivity contribution in [3.05, 3.63) is 0 Å². The molecule has 1 aliphatic carbocycles. The monoisotopic (exact) mass is 246 g/mol. The maximum atomic E-state index is 10.2. The molecule has 1 fully saturated rings. The van der Waals surface area contributed by atoms with Crippen LogP contribution in [0.25, 0.3) is 0 Å². The third-order valence-electron chi connectivity index (χ3n) is 3.31. The molecule has 3 N–H and O–H groups in total. The predicted octanol–water partition coefficient (Wildman–Crippen LogP) is 1.42. The molecule has 102 valence electrons. The first kappa shape index (κ1) is 14.9. The van der Waals surface area contributed by atoms with Crippen LogP contribution >= 0.6 is 0 Å². The van der Waals surface area contributed by atoms with E-state index in [2.05, 4.69) is 0 Å². The second-order valence-electron chi connectivity index (χ2n) is 5.88. The number of aliphatic hydroxyl groups excluding tert-OH is 2. The molecular formula is C13H26O4. The highest BCUT2D eigenvalue weighted by Crippen LogP contribution is 2.28. The smallest absolute Gasteiger partial charge is 0.157 e. The number of hydrogen-bond acceptors (Lipinski definition) is 4. The van der Waals surface area contributed by atoms with Crippen LogP contribution < -0.4 is 0 Å². The average Bonchev–Trinajstić information content (AvgIpc) is 2.13. The van der Waals surface area contributed by atoms with Crippen LogP contribution in [0, 0.1) is 5.92 Å². The molecule has 17 heavy (non-hydrogen) atoms. The molecule has 0 amide bonds. The van der Waals surface area contributed by atoms with Crippen LogP contribution in [0.4, 0.5) is 0 Å². The fraction of sp³-hybridized carbons (Fsp3) is 1.00. The minimum atomic E-state index is -0.915. The van der Waals surface area contributed by atoms with Crippen LogP contribution in [-0.2, 0) is 4.74 Å². The third kappa shape index (κ3) is 5.34. The van der Waals surface area contributed by atoms with Crippen molar-refractivity contribution in [1.82, 2.24) is 0 Å². The standard InChI is InChI=1S/C13H26O4/c1-9(2)12(15)17-11-6-4-5-10(14)7-13(3,16)8-11/h9-12,14-16H,4-8H2,1-3H3. The molecule has 4 nitrogen and oxygen atoms in total. The Labute approximate surface area is 104 Å². The van der Waals surface area contributed by atoms with Gasteiger partial charge in [-0.15, -0.1) is 0 Å². The quantitative estimate of drug-likeness (QED) is 0.659. The number of aliphatic hydroxyl groups is 3. The molecule has 4 atom stereocenters. The van der Waals surface area contributed by atoms with E-state index >= 15 is 0 Å². The molecule has 4 unspecified atom stereocenters. The first-order chi connectivity index (χ1) is 7.80. The Morgan fingerprint density at radius 2 is 1.88 bits per heavy atom. The Morgan fingerprint density at radius 3 is 2.47 bits per heavy atom. The van der Waals surface area contributed by atoms with Gasteiger partial charge >= 0.3 is 0 Å². The van der Waals surface area contributed by atoms with E-state index in [1.807, 2.05) is 13.8 Å². The van der Waals surface area contributed by atoms with E-state index in [1.54, 1.807) is 6.92 Å². The van der Waals surface area contributed by atoms with Gasteiger partial charge in [0.25, 0.3) is 0 Å². The molecule has 4 heteroatoms. The van der Waals surface area contributed by atoms with Gasteiger partial charge in [0.05, 0.1) is 17.8 Å². The van der Waals surface area contributed by atoms with Crippen molar-refractivity contribution >= 4 is 0 Å². The molecule has 0 bridgehead atoms. The van der Waals surface area contributed by atoms with Crippen molar-refractivity contribution < 1.29 is 20.1 Å². The zero-order chi connectivity index (χ0) is 13.1. The first-order valence-electron chi connectivity index (χ1n) is 6.54. The Bertz CT molecular complexity index is 227. The van der Waals surface area contributed by atoms with Crippen molar-refractivity contribution in [2.24, 2.45) is 5.92 Å². The largest absolute Gasteiger partial charge is 0.393 e. The van der Waals surface area contributed by atoms with Gasteiger partial charge in [0.1, 0.15) is 0 Å². The van der Waals surface area contributed by atoms with Crippen LogP contribution in [0.15, 0.2) is 0 Å². The molecule has 0 saturated heterocycles. The first-order valence-corrected chi connectivity index (χ1v) is 6.54. The van der Waals surface area contributed by atoms with Gasteiger partial charge in [-0.3, -0.25) is 0 Å². The zero-order valence-corrected chi connectivity index (χ0v) is 11.1. The lowest BCUT2D eigenvalue weighted by Gasteiger charge is -2.34. The van der Waals surface area contributed by atoms with E-state index in [4.69, 9.17) is 4.74 Å². The Kier molecular flexibility index (Phi) is 5.38. The van der Waals surface area contributed by atoms with E-state index in [1.165, 1.54) is 0 Å². The van der Waals surface area contributed by atoms with E-state index in [0.717, 1.165) is 12.8 Å². The maximum absolute atomic E-state index is 10.2. The summed E-state index contributed by atoms with van der Waals surface area (Å²) in [7, 11) is 0. The van der Waals surface area contributed by atoms with E-state index < -0.39 is 18.0 Å². The van der Waals surface area contributed by atoms with Gasteiger partial charge in [-0.2, -0.15) is 0 Å². The minimum Gasteiger partial charge on any atom is -0.393 e. The van der Waals surface area contributed by atoms with Gasteiger partial charge in [-0.05, 0) is 26.2 Å². The Hall–Kier alpha value is -0.160. The molecule has 0 heterocycles. The van der Waals surface area contributed by atoms with Crippen molar-refractivity contribution in [1.29, 1.82) is 0 Å². The van der Waals surface area contributed by atoms with E-state index in [9.17, 15) is 15.3 Å². The Balaban J connectivity index is 2.54. The zero-order valence-electron chi connectivity index (χ0n) is 11.1. The third-order valence-corrected chi connectivity index (χ3v) is 3.31. The van der Waals surface area contributed by atoms with Gasteiger partial charge in [0.15, 0.2) is 6.29 Å². The summed E-state index contributed by atoms with van der Waals surface area (Å²) >= 11 is 0. The molecule has 0 radical (unpaired) electrons. The minimum absolute atomic E-state index is 0.0518. The van der Waals surface area contributed by atoms with Crippen LogP contribution in [0.2, 0.25) is 0 Å². The van der Waals surface area contributed by atoms with Crippen molar-refractivity contribution in [2.45, 2.75) is 77.0 Å². The van der Waals surface area contributed by atoms with Crippen LogP contribution in [-0.4, -0.2) is 39.4 Å². The summed E-state index contributed by atoms with van der Waals surface area (Å²) in [6, 6.07) is 0. The van der Waals surface area contributed by atoms with Crippen LogP contribution in [0.3, 0.4) is 0 Å². The molecule has 0 aliphatic heterocycles.